The molecule has 0 bridgehead atoms. The van der Waals surface area contributed by atoms with Crippen molar-refractivity contribution in [3.05, 3.63) is 82.7 Å². The zero-order valence-electron chi connectivity index (χ0n) is 22.6. The number of aryl methyl sites for hydroxylation is 3. The average molecular weight is 547 g/mol. The van der Waals surface area contributed by atoms with E-state index in [0.717, 1.165) is 48.1 Å². The predicted molar refractivity (Wildman–Crippen MR) is 145 cm³/mol. The Morgan fingerprint density at radius 2 is 1.54 bits per heavy atom. The third kappa shape index (κ3) is 8.75. The highest BCUT2D eigenvalue weighted by Crippen LogP contribution is 2.30. The second kappa shape index (κ2) is 14.2. The molecule has 1 aliphatic heterocycles. The van der Waals surface area contributed by atoms with Crippen molar-refractivity contribution in [1.82, 2.24) is 0 Å². The maximum atomic E-state index is 15.2. The first-order chi connectivity index (χ1) is 18.8. The van der Waals surface area contributed by atoms with E-state index in [0.29, 0.717) is 43.4 Å². The van der Waals surface area contributed by atoms with Crippen molar-refractivity contribution in [3.63, 3.8) is 0 Å². The van der Waals surface area contributed by atoms with Gasteiger partial charge in [0.2, 0.25) is 0 Å². The normalized spacial score (nSPS) is 18.1. The number of unbranched alkanes of at least 4 members (excludes halogenated alkanes) is 4. The van der Waals surface area contributed by atoms with E-state index in [-0.39, 0.29) is 18.2 Å². The maximum Gasteiger partial charge on any atom is 0.416 e. The molecule has 0 spiro atoms. The molecule has 0 radical (unpaired) electrons. The Kier molecular flexibility index (Phi) is 10.8. The minimum Gasteiger partial charge on any atom is -0.373 e. The summed E-state index contributed by atoms with van der Waals surface area (Å²) in [5.41, 5.74) is 1.70. The van der Waals surface area contributed by atoms with E-state index >= 15 is 4.39 Å². The molecule has 3 aromatic carbocycles. The van der Waals surface area contributed by atoms with E-state index < -0.39 is 11.7 Å². The van der Waals surface area contributed by atoms with Gasteiger partial charge >= 0.3 is 6.18 Å². The van der Waals surface area contributed by atoms with Crippen LogP contribution in [0.5, 0.6) is 0 Å². The lowest BCUT2D eigenvalue weighted by Crippen LogP contribution is -2.37. The van der Waals surface area contributed by atoms with Gasteiger partial charge in [0.1, 0.15) is 11.9 Å². The zero-order chi connectivity index (χ0) is 27.7. The summed E-state index contributed by atoms with van der Waals surface area (Å²) in [4.78, 5) is 0. The minimum absolute atomic E-state index is 0.00971. The van der Waals surface area contributed by atoms with Crippen LogP contribution in [0.15, 0.2) is 54.6 Å². The van der Waals surface area contributed by atoms with Gasteiger partial charge < -0.3 is 14.2 Å². The van der Waals surface area contributed by atoms with E-state index in [1.54, 1.807) is 12.1 Å². The Labute approximate surface area is 228 Å². The Bertz CT molecular complexity index is 1170. The van der Waals surface area contributed by atoms with Crippen LogP contribution >= 0.6 is 0 Å². The Morgan fingerprint density at radius 1 is 0.821 bits per heavy atom. The highest BCUT2D eigenvalue weighted by molar-refractivity contribution is 5.84. The van der Waals surface area contributed by atoms with Crippen LogP contribution in [0, 0.1) is 5.82 Å². The Morgan fingerprint density at radius 3 is 2.26 bits per heavy atom. The van der Waals surface area contributed by atoms with E-state index in [1.165, 1.54) is 37.8 Å². The van der Waals surface area contributed by atoms with Crippen LogP contribution in [0.1, 0.15) is 67.7 Å². The molecule has 0 N–H and O–H groups in total. The number of halogens is 4. The number of fused-ring (bicyclic) bond motifs is 1. The number of rotatable bonds is 13. The van der Waals surface area contributed by atoms with Crippen LogP contribution in [0.2, 0.25) is 0 Å². The summed E-state index contributed by atoms with van der Waals surface area (Å²) in [6.07, 6.45) is 3.74. The molecule has 212 valence electrons. The number of hydrogen-bond donors (Lipinski definition) is 0. The topological polar surface area (TPSA) is 27.7 Å². The molecule has 0 atom stereocenters. The van der Waals surface area contributed by atoms with E-state index in [4.69, 9.17) is 14.2 Å². The number of hydrogen-bond acceptors (Lipinski definition) is 3. The van der Waals surface area contributed by atoms with Gasteiger partial charge in [0.25, 0.3) is 0 Å². The second-order valence-corrected chi connectivity index (χ2v) is 10.3. The summed E-state index contributed by atoms with van der Waals surface area (Å²) >= 11 is 0. The monoisotopic (exact) mass is 546 g/mol. The van der Waals surface area contributed by atoms with Crippen molar-refractivity contribution in [1.29, 1.82) is 0 Å². The molecule has 1 heterocycles. The fraction of sp³-hybridized carbons (Fsp3) is 0.500. The smallest absolute Gasteiger partial charge is 0.373 e. The number of ether oxygens (including phenoxy) is 3. The van der Waals surface area contributed by atoms with Gasteiger partial charge in [-0.25, -0.2) is 4.39 Å². The molecule has 3 aromatic rings. The zero-order valence-corrected chi connectivity index (χ0v) is 22.6. The quantitative estimate of drug-likeness (QED) is 0.159. The summed E-state index contributed by atoms with van der Waals surface area (Å²) in [5.74, 6) is -0.277. The van der Waals surface area contributed by atoms with Crippen molar-refractivity contribution in [2.75, 3.05) is 19.8 Å². The van der Waals surface area contributed by atoms with Crippen LogP contribution in [-0.4, -0.2) is 32.2 Å². The summed E-state index contributed by atoms with van der Waals surface area (Å²) in [6, 6.07) is 14.4. The molecular weight excluding hydrogens is 508 g/mol. The average Bonchev–Trinajstić information content (AvgIpc) is 2.94. The molecule has 1 fully saturated rings. The molecule has 1 aliphatic rings. The van der Waals surface area contributed by atoms with Gasteiger partial charge in [0.05, 0.1) is 18.8 Å². The fourth-order valence-electron chi connectivity index (χ4n) is 4.90. The lowest BCUT2D eigenvalue weighted by atomic mass is 9.98. The van der Waals surface area contributed by atoms with Gasteiger partial charge in [-0.1, -0.05) is 75.1 Å². The molecule has 1 saturated heterocycles. The highest BCUT2D eigenvalue weighted by atomic mass is 19.4. The van der Waals surface area contributed by atoms with E-state index in [1.807, 2.05) is 18.2 Å². The van der Waals surface area contributed by atoms with Crippen molar-refractivity contribution in [2.24, 2.45) is 0 Å². The second-order valence-electron chi connectivity index (χ2n) is 10.3. The summed E-state index contributed by atoms with van der Waals surface area (Å²) in [5, 5.41) is 1.37. The first-order valence-corrected chi connectivity index (χ1v) is 14.0. The van der Waals surface area contributed by atoms with Gasteiger partial charge in [0.15, 0.2) is 6.29 Å². The van der Waals surface area contributed by atoms with Gasteiger partial charge in [-0.3, -0.25) is 0 Å². The van der Waals surface area contributed by atoms with Crippen molar-refractivity contribution in [3.8, 4) is 0 Å². The largest absolute Gasteiger partial charge is 0.416 e. The summed E-state index contributed by atoms with van der Waals surface area (Å²) in [6.45, 7) is 4.03. The molecule has 3 nitrogen and oxygen atoms in total. The predicted octanol–water partition coefficient (Wildman–Crippen LogP) is 8.44. The lowest BCUT2D eigenvalue weighted by Gasteiger charge is -2.29. The van der Waals surface area contributed by atoms with Gasteiger partial charge in [-0.15, -0.1) is 0 Å². The van der Waals surface area contributed by atoms with Crippen LogP contribution < -0.4 is 0 Å². The van der Waals surface area contributed by atoms with E-state index in [9.17, 15) is 13.2 Å². The third-order valence-corrected chi connectivity index (χ3v) is 7.27. The van der Waals surface area contributed by atoms with Crippen LogP contribution in [0.25, 0.3) is 10.8 Å². The molecule has 0 aliphatic carbocycles. The summed E-state index contributed by atoms with van der Waals surface area (Å²) in [7, 11) is 0. The standard InChI is InChI=1S/C32H38F4O3/c1-2-3-4-5-6-19-37-28-21-38-30(39-22-28)18-11-24-10-17-29-26(20-24)14-13-25(31(29)33)12-7-23-8-15-27(16-9-23)32(34,35)36/h8-10,13-17,20,28,30H,2-7,11-12,18-19,21-22H2,1H3. The minimum atomic E-state index is -4.36. The van der Waals surface area contributed by atoms with Crippen LogP contribution in [0.4, 0.5) is 17.6 Å². The van der Waals surface area contributed by atoms with Gasteiger partial charge in [0, 0.05) is 18.4 Å². The molecule has 0 saturated carbocycles. The first kappa shape index (κ1) is 29.5. The molecule has 39 heavy (non-hydrogen) atoms. The molecule has 0 amide bonds. The van der Waals surface area contributed by atoms with Crippen molar-refractivity contribution in [2.45, 2.75) is 83.3 Å². The lowest BCUT2D eigenvalue weighted by molar-refractivity contribution is -0.227. The molecule has 4 rings (SSSR count). The highest BCUT2D eigenvalue weighted by Gasteiger charge is 2.30. The SMILES string of the molecule is CCCCCCCOC1COC(CCc2ccc3c(F)c(CCc4ccc(C(F)(F)F)cc4)ccc3c2)OC1. The number of benzene rings is 3. The maximum absolute atomic E-state index is 15.2. The van der Waals surface area contributed by atoms with Gasteiger partial charge in [-0.05, 0) is 59.9 Å². The van der Waals surface area contributed by atoms with Crippen LogP contribution in [-0.2, 0) is 39.6 Å². The Balaban J connectivity index is 1.23. The Hall–Kier alpha value is -2.48. The molecule has 7 heteroatoms. The molecule has 0 aromatic heterocycles. The van der Waals surface area contributed by atoms with E-state index in [2.05, 4.69) is 6.92 Å². The van der Waals surface area contributed by atoms with Crippen molar-refractivity contribution >= 4 is 10.8 Å². The van der Waals surface area contributed by atoms with Crippen molar-refractivity contribution < 1.29 is 31.8 Å². The van der Waals surface area contributed by atoms with Gasteiger partial charge in [-0.2, -0.15) is 13.2 Å². The fourth-order valence-corrected chi connectivity index (χ4v) is 4.90. The van der Waals surface area contributed by atoms with Crippen LogP contribution in [0.3, 0.4) is 0 Å². The molecule has 0 unspecified atom stereocenters. The summed E-state index contributed by atoms with van der Waals surface area (Å²) < 4.78 is 71.1. The third-order valence-electron chi connectivity index (χ3n) is 7.27. The first-order valence-electron chi connectivity index (χ1n) is 14.0. The number of alkyl halides is 3. The molecular formula is C32H38F4O3.